The van der Waals surface area contributed by atoms with Crippen molar-refractivity contribution in [2.45, 2.75) is 32.3 Å². The van der Waals surface area contributed by atoms with Gasteiger partial charge < -0.3 is 29.2 Å². The highest BCUT2D eigenvalue weighted by Gasteiger charge is 2.13. The van der Waals surface area contributed by atoms with Crippen LogP contribution in [0.2, 0.25) is 0 Å². The van der Waals surface area contributed by atoms with E-state index in [0.29, 0.717) is 29.2 Å². The summed E-state index contributed by atoms with van der Waals surface area (Å²) in [7, 11) is 0. The highest BCUT2D eigenvalue weighted by Crippen LogP contribution is 2.27. The molecule has 0 aliphatic heterocycles. The number of ether oxygens (including phenoxy) is 4. The number of esters is 2. The molecule has 0 bridgehead atoms. The van der Waals surface area contributed by atoms with Gasteiger partial charge in [0.1, 0.15) is 11.5 Å². The van der Waals surface area contributed by atoms with Crippen LogP contribution in [0.3, 0.4) is 0 Å². The number of unbranched alkanes of at least 4 members (excludes halogenated alkanes) is 1. The van der Waals surface area contributed by atoms with Crippen molar-refractivity contribution in [1.29, 1.82) is 0 Å². The summed E-state index contributed by atoms with van der Waals surface area (Å²) in [6.07, 6.45) is 2.49. The molecule has 0 aromatic heterocycles. The van der Waals surface area contributed by atoms with Gasteiger partial charge in [0.25, 0.3) is 0 Å². The van der Waals surface area contributed by atoms with Crippen molar-refractivity contribution in [1.82, 2.24) is 0 Å². The predicted octanol–water partition coefficient (Wildman–Crippen LogP) is 6.55. The summed E-state index contributed by atoms with van der Waals surface area (Å²) in [6.45, 7) is 2.50. The van der Waals surface area contributed by atoms with Crippen molar-refractivity contribution in [2.75, 3.05) is 6.61 Å². The van der Waals surface area contributed by atoms with Crippen LogP contribution in [-0.4, -0.2) is 34.9 Å². The second-order valence-corrected chi connectivity index (χ2v) is 9.04. The Hall–Kier alpha value is -4.98. The molecule has 40 heavy (non-hydrogen) atoms. The molecule has 0 radical (unpaired) electrons. The molecule has 8 nitrogen and oxygen atoms in total. The van der Waals surface area contributed by atoms with Crippen molar-refractivity contribution in [3.8, 4) is 34.5 Å². The molecule has 1 unspecified atom stereocenters. The van der Waals surface area contributed by atoms with E-state index in [1.165, 1.54) is 24.3 Å². The lowest BCUT2D eigenvalue weighted by Gasteiger charge is -2.15. The Morgan fingerprint density at radius 1 is 0.650 bits per heavy atom. The maximum atomic E-state index is 12.3. The second kappa shape index (κ2) is 13.7. The molecule has 206 valence electrons. The van der Waals surface area contributed by atoms with Gasteiger partial charge in [-0.1, -0.05) is 24.3 Å². The average molecular weight is 543 g/mol. The van der Waals surface area contributed by atoms with E-state index in [1.807, 2.05) is 6.92 Å². The van der Waals surface area contributed by atoms with Gasteiger partial charge in [0.15, 0.2) is 23.0 Å². The number of benzene rings is 4. The summed E-state index contributed by atoms with van der Waals surface area (Å²) < 4.78 is 22.2. The lowest BCUT2D eigenvalue weighted by molar-refractivity contribution is 0.0720. The SMILES string of the molecule is CC(CCCCOc1ccc(C(=O)Oc2ccccc2O)cc1)Oc1ccc(C(=O)Oc2ccccc2O)cc1. The number of hydrogen-bond acceptors (Lipinski definition) is 8. The molecule has 2 N–H and O–H groups in total. The first-order chi connectivity index (χ1) is 19.4. The molecule has 4 aromatic rings. The minimum Gasteiger partial charge on any atom is -0.504 e. The molecule has 0 amide bonds. The molecule has 0 aliphatic rings. The van der Waals surface area contributed by atoms with Crippen LogP contribution >= 0.6 is 0 Å². The van der Waals surface area contributed by atoms with Crippen LogP contribution in [0.1, 0.15) is 46.9 Å². The smallest absolute Gasteiger partial charge is 0.343 e. The minimum atomic E-state index is -0.567. The van der Waals surface area contributed by atoms with E-state index < -0.39 is 11.9 Å². The van der Waals surface area contributed by atoms with Gasteiger partial charge in [-0.05, 0) is 99.0 Å². The van der Waals surface area contributed by atoms with Gasteiger partial charge in [-0.25, -0.2) is 9.59 Å². The van der Waals surface area contributed by atoms with E-state index in [9.17, 15) is 19.8 Å². The predicted molar refractivity (Wildman–Crippen MR) is 148 cm³/mol. The Bertz CT molecular complexity index is 1410. The summed E-state index contributed by atoms with van der Waals surface area (Å²) in [5, 5.41) is 19.5. The van der Waals surface area contributed by atoms with E-state index in [-0.39, 0.29) is 29.1 Å². The fourth-order valence-electron chi connectivity index (χ4n) is 3.78. The minimum absolute atomic E-state index is 0.0339. The fourth-order valence-corrected chi connectivity index (χ4v) is 3.78. The van der Waals surface area contributed by atoms with Crippen molar-refractivity contribution in [3.63, 3.8) is 0 Å². The molecule has 0 heterocycles. The molecule has 0 aliphatic carbocycles. The molecule has 4 rings (SSSR count). The first kappa shape index (κ1) is 28.0. The summed E-state index contributed by atoms with van der Waals surface area (Å²) >= 11 is 0. The molecular weight excluding hydrogens is 512 g/mol. The Kier molecular flexibility index (Phi) is 9.61. The lowest BCUT2D eigenvalue weighted by atomic mass is 10.1. The highest BCUT2D eigenvalue weighted by atomic mass is 16.5. The van der Waals surface area contributed by atoms with Crippen molar-refractivity contribution < 1.29 is 38.7 Å². The van der Waals surface area contributed by atoms with Crippen LogP contribution in [0.25, 0.3) is 0 Å². The van der Waals surface area contributed by atoms with Crippen LogP contribution in [0.15, 0.2) is 97.1 Å². The van der Waals surface area contributed by atoms with Crippen LogP contribution in [0.4, 0.5) is 0 Å². The second-order valence-electron chi connectivity index (χ2n) is 9.04. The number of carbonyl (C=O) groups excluding carboxylic acids is 2. The third-order valence-electron chi connectivity index (χ3n) is 5.93. The normalized spacial score (nSPS) is 11.3. The number of phenolic OH excluding ortho intramolecular Hbond substituents is 2. The number of para-hydroxylation sites is 4. The molecule has 0 fully saturated rings. The number of phenols is 2. The fraction of sp³-hybridized carbons (Fsp3) is 0.188. The molecular formula is C32H30O8. The molecule has 1 atom stereocenters. The standard InChI is InChI=1S/C32H30O8/c1-22(38-26-19-15-24(16-20-26)32(36)40-30-12-5-3-10-28(30)34)8-6-7-21-37-25-17-13-23(14-18-25)31(35)39-29-11-4-2-9-27(29)33/h2-5,9-20,22,33-34H,6-8,21H2,1H3. The zero-order chi connectivity index (χ0) is 28.3. The average Bonchev–Trinajstić information content (AvgIpc) is 2.96. The van der Waals surface area contributed by atoms with Gasteiger partial charge in [-0.2, -0.15) is 0 Å². The van der Waals surface area contributed by atoms with Crippen LogP contribution < -0.4 is 18.9 Å². The first-order valence-electron chi connectivity index (χ1n) is 12.9. The van der Waals surface area contributed by atoms with Crippen LogP contribution in [-0.2, 0) is 0 Å². The van der Waals surface area contributed by atoms with Crippen LogP contribution in [0.5, 0.6) is 34.5 Å². The maximum Gasteiger partial charge on any atom is 0.343 e. The van der Waals surface area contributed by atoms with Crippen molar-refractivity contribution in [3.05, 3.63) is 108 Å². The summed E-state index contributed by atoms with van der Waals surface area (Å²) in [4.78, 5) is 24.6. The number of hydrogen-bond donors (Lipinski definition) is 2. The molecule has 0 spiro atoms. The van der Waals surface area contributed by atoms with E-state index in [2.05, 4.69) is 0 Å². The van der Waals surface area contributed by atoms with Gasteiger partial charge in [0, 0.05) is 0 Å². The van der Waals surface area contributed by atoms with Crippen LogP contribution in [0, 0.1) is 0 Å². The molecule has 4 aromatic carbocycles. The Morgan fingerprint density at radius 3 is 1.62 bits per heavy atom. The Morgan fingerprint density at radius 2 is 1.12 bits per heavy atom. The first-order valence-corrected chi connectivity index (χ1v) is 12.9. The Labute approximate surface area is 232 Å². The summed E-state index contributed by atoms with van der Waals surface area (Å²) in [6, 6.07) is 25.9. The summed E-state index contributed by atoms with van der Waals surface area (Å²) in [5.74, 6) is 0.163. The van der Waals surface area contributed by atoms with Crippen molar-refractivity contribution in [2.24, 2.45) is 0 Å². The number of aromatic hydroxyl groups is 2. The van der Waals surface area contributed by atoms with E-state index in [1.54, 1.807) is 72.8 Å². The largest absolute Gasteiger partial charge is 0.504 e. The number of rotatable bonds is 12. The van der Waals surface area contributed by atoms with Gasteiger partial charge >= 0.3 is 11.9 Å². The van der Waals surface area contributed by atoms with E-state index >= 15 is 0 Å². The van der Waals surface area contributed by atoms with E-state index in [4.69, 9.17) is 18.9 Å². The zero-order valence-corrected chi connectivity index (χ0v) is 22.0. The third kappa shape index (κ3) is 8.01. The van der Waals surface area contributed by atoms with Gasteiger partial charge in [0.2, 0.25) is 0 Å². The number of carbonyl (C=O) groups is 2. The third-order valence-corrected chi connectivity index (χ3v) is 5.93. The van der Waals surface area contributed by atoms with Crippen molar-refractivity contribution >= 4 is 11.9 Å². The lowest BCUT2D eigenvalue weighted by Crippen LogP contribution is -2.13. The van der Waals surface area contributed by atoms with E-state index in [0.717, 1.165) is 19.3 Å². The monoisotopic (exact) mass is 542 g/mol. The molecule has 0 saturated carbocycles. The van der Waals surface area contributed by atoms with Gasteiger partial charge in [-0.15, -0.1) is 0 Å². The zero-order valence-electron chi connectivity index (χ0n) is 22.0. The quantitative estimate of drug-likeness (QED) is 0.118. The van der Waals surface area contributed by atoms with Gasteiger partial charge in [0.05, 0.1) is 23.8 Å². The highest BCUT2D eigenvalue weighted by molar-refractivity contribution is 5.92. The topological polar surface area (TPSA) is 112 Å². The Balaban J connectivity index is 1.14. The van der Waals surface area contributed by atoms with Gasteiger partial charge in [-0.3, -0.25) is 0 Å². The molecule has 8 heteroatoms. The summed E-state index contributed by atoms with van der Waals surface area (Å²) in [5.41, 5.74) is 0.697. The molecule has 0 saturated heterocycles. The maximum absolute atomic E-state index is 12.3.